The van der Waals surface area contributed by atoms with Crippen LogP contribution in [0.3, 0.4) is 0 Å². The van der Waals surface area contributed by atoms with Crippen LogP contribution in [0, 0.1) is 0 Å². The molecule has 2 rings (SSSR count). The van der Waals surface area contributed by atoms with Crippen LogP contribution in [0.1, 0.15) is 10.8 Å². The van der Waals surface area contributed by atoms with E-state index in [4.69, 9.17) is 4.74 Å². The van der Waals surface area contributed by atoms with Crippen LogP contribution in [0.15, 0.2) is 41.8 Å². The van der Waals surface area contributed by atoms with E-state index in [0.717, 1.165) is 0 Å². The van der Waals surface area contributed by atoms with E-state index in [1.165, 1.54) is 25.6 Å². The zero-order valence-electron chi connectivity index (χ0n) is 11.2. The van der Waals surface area contributed by atoms with E-state index in [1.807, 2.05) is 0 Å². The molecule has 0 saturated heterocycles. The molecule has 8 heteroatoms. The lowest BCUT2D eigenvalue weighted by Gasteiger charge is -2.19. The Bertz CT molecular complexity index is 559. The van der Waals surface area contributed by atoms with E-state index in [9.17, 15) is 13.2 Å². The topological polar surface area (TPSA) is 39.9 Å². The van der Waals surface area contributed by atoms with Crippen LogP contribution in [0.25, 0.3) is 0 Å². The third kappa shape index (κ3) is 4.21. The molecule has 0 saturated carbocycles. The SMILES string of the molecule is COCCn1cnnc1S[C@H](c1ccccc1)C(F)(F)F. The van der Waals surface area contributed by atoms with Crippen LogP contribution in [-0.4, -0.2) is 34.7 Å². The fourth-order valence-electron chi connectivity index (χ4n) is 1.74. The first-order chi connectivity index (χ1) is 10.0. The lowest BCUT2D eigenvalue weighted by molar-refractivity contribution is -0.129. The second kappa shape index (κ2) is 6.95. The number of hydrogen-bond donors (Lipinski definition) is 0. The van der Waals surface area contributed by atoms with Crippen LogP contribution in [0.2, 0.25) is 0 Å². The molecule has 0 aliphatic rings. The molecule has 0 unspecified atom stereocenters. The first-order valence-electron chi connectivity index (χ1n) is 6.17. The maximum absolute atomic E-state index is 13.3. The molecule has 4 nitrogen and oxygen atoms in total. The Morgan fingerprint density at radius 1 is 1.29 bits per heavy atom. The van der Waals surface area contributed by atoms with E-state index >= 15 is 0 Å². The molecule has 1 aromatic heterocycles. The number of halogens is 3. The Morgan fingerprint density at radius 2 is 2.00 bits per heavy atom. The number of rotatable bonds is 6. The zero-order valence-corrected chi connectivity index (χ0v) is 12.1. The van der Waals surface area contributed by atoms with Gasteiger partial charge in [-0.05, 0) is 5.56 Å². The summed E-state index contributed by atoms with van der Waals surface area (Å²) in [5, 5.41) is 5.99. The smallest absolute Gasteiger partial charge is 0.383 e. The highest BCUT2D eigenvalue weighted by Gasteiger charge is 2.42. The molecule has 2 aromatic rings. The van der Waals surface area contributed by atoms with Gasteiger partial charge >= 0.3 is 6.18 Å². The van der Waals surface area contributed by atoms with Crippen LogP contribution >= 0.6 is 11.8 Å². The minimum Gasteiger partial charge on any atom is -0.383 e. The first kappa shape index (κ1) is 15.8. The van der Waals surface area contributed by atoms with Crippen molar-refractivity contribution in [1.29, 1.82) is 0 Å². The molecule has 0 aliphatic heterocycles. The summed E-state index contributed by atoms with van der Waals surface area (Å²) >= 11 is 0.641. The normalized spacial score (nSPS) is 13.3. The minimum absolute atomic E-state index is 0.191. The first-order valence-corrected chi connectivity index (χ1v) is 7.05. The highest BCUT2D eigenvalue weighted by molar-refractivity contribution is 7.99. The van der Waals surface area contributed by atoms with Crippen molar-refractivity contribution in [2.24, 2.45) is 0 Å². The molecule has 0 spiro atoms. The predicted octanol–water partition coefficient (Wildman–Crippen LogP) is 3.32. The summed E-state index contributed by atoms with van der Waals surface area (Å²) in [5.41, 5.74) is 0.191. The Hall–Kier alpha value is -1.54. The molecule has 0 radical (unpaired) electrons. The van der Waals surface area contributed by atoms with E-state index in [0.29, 0.717) is 24.9 Å². The van der Waals surface area contributed by atoms with Gasteiger partial charge in [-0.25, -0.2) is 0 Å². The number of methoxy groups -OCH3 is 1. The van der Waals surface area contributed by atoms with Gasteiger partial charge in [-0.1, -0.05) is 42.1 Å². The van der Waals surface area contributed by atoms with E-state index in [1.54, 1.807) is 22.8 Å². The summed E-state index contributed by atoms with van der Waals surface area (Å²) in [5.74, 6) is 0. The van der Waals surface area contributed by atoms with Gasteiger partial charge < -0.3 is 9.30 Å². The molecular weight excluding hydrogens is 303 g/mol. The number of alkyl halides is 3. The molecule has 0 bridgehead atoms. The van der Waals surface area contributed by atoms with Crippen LogP contribution < -0.4 is 0 Å². The van der Waals surface area contributed by atoms with Gasteiger partial charge in [0.1, 0.15) is 11.6 Å². The van der Waals surface area contributed by atoms with Crippen molar-refractivity contribution in [3.63, 3.8) is 0 Å². The van der Waals surface area contributed by atoms with Crippen LogP contribution in [-0.2, 0) is 11.3 Å². The molecule has 0 aliphatic carbocycles. The standard InChI is InChI=1S/C13H14F3N3OS/c1-20-8-7-19-9-17-18-12(19)21-11(13(14,15)16)10-5-3-2-4-6-10/h2-6,9,11H,7-8H2,1H3/t11-/m1/s1. The number of hydrogen-bond acceptors (Lipinski definition) is 4. The van der Waals surface area contributed by atoms with Gasteiger partial charge in [-0.3, -0.25) is 0 Å². The van der Waals surface area contributed by atoms with Gasteiger partial charge in [0.05, 0.1) is 6.61 Å². The quantitative estimate of drug-likeness (QED) is 0.766. The highest BCUT2D eigenvalue weighted by Crippen LogP contribution is 2.45. The number of aromatic nitrogens is 3. The Kier molecular flexibility index (Phi) is 5.24. The van der Waals surface area contributed by atoms with Gasteiger partial charge in [-0.15, -0.1) is 10.2 Å². The lowest BCUT2D eigenvalue weighted by Crippen LogP contribution is -2.18. The molecule has 1 heterocycles. The van der Waals surface area contributed by atoms with Crippen LogP contribution in [0.4, 0.5) is 13.2 Å². The van der Waals surface area contributed by atoms with Crippen molar-refractivity contribution in [2.75, 3.05) is 13.7 Å². The summed E-state index contributed by atoms with van der Waals surface area (Å²) in [7, 11) is 1.53. The Labute approximate surface area is 124 Å². The number of ether oxygens (including phenoxy) is 1. The second-order valence-electron chi connectivity index (χ2n) is 4.25. The molecule has 0 N–H and O–H groups in total. The predicted molar refractivity (Wildman–Crippen MR) is 73.0 cm³/mol. The van der Waals surface area contributed by atoms with Gasteiger partial charge in [0.15, 0.2) is 5.16 Å². The molecule has 114 valence electrons. The Morgan fingerprint density at radius 3 is 2.62 bits per heavy atom. The Balaban J connectivity index is 2.22. The molecular formula is C13H14F3N3OS. The van der Waals surface area contributed by atoms with Crippen molar-refractivity contribution >= 4 is 11.8 Å². The zero-order chi connectivity index (χ0) is 15.3. The number of nitrogens with zero attached hydrogens (tertiary/aromatic N) is 3. The number of benzene rings is 1. The van der Waals surface area contributed by atoms with Crippen molar-refractivity contribution in [3.05, 3.63) is 42.2 Å². The summed E-state index contributed by atoms with van der Waals surface area (Å²) in [4.78, 5) is 0. The lowest BCUT2D eigenvalue weighted by atomic mass is 10.1. The van der Waals surface area contributed by atoms with E-state index in [2.05, 4.69) is 10.2 Å². The largest absolute Gasteiger partial charge is 0.404 e. The van der Waals surface area contributed by atoms with Crippen molar-refractivity contribution in [1.82, 2.24) is 14.8 Å². The summed E-state index contributed by atoms with van der Waals surface area (Å²) in [6.07, 6.45) is -2.97. The van der Waals surface area contributed by atoms with Gasteiger partial charge in [0.25, 0.3) is 0 Å². The average Bonchev–Trinajstić information content (AvgIpc) is 2.89. The van der Waals surface area contributed by atoms with Crippen molar-refractivity contribution < 1.29 is 17.9 Å². The monoisotopic (exact) mass is 317 g/mol. The van der Waals surface area contributed by atoms with Crippen molar-refractivity contribution in [3.8, 4) is 0 Å². The third-order valence-corrected chi connectivity index (χ3v) is 4.04. The molecule has 0 amide bonds. The molecule has 1 atom stereocenters. The van der Waals surface area contributed by atoms with E-state index < -0.39 is 11.4 Å². The summed E-state index contributed by atoms with van der Waals surface area (Å²) in [6, 6.07) is 7.78. The van der Waals surface area contributed by atoms with Gasteiger partial charge in [0.2, 0.25) is 0 Å². The van der Waals surface area contributed by atoms with Gasteiger partial charge in [-0.2, -0.15) is 13.2 Å². The molecule has 21 heavy (non-hydrogen) atoms. The van der Waals surface area contributed by atoms with E-state index in [-0.39, 0.29) is 10.7 Å². The fourth-order valence-corrected chi connectivity index (χ4v) is 2.74. The highest BCUT2D eigenvalue weighted by atomic mass is 32.2. The fraction of sp³-hybridized carbons (Fsp3) is 0.385. The molecule has 0 fully saturated rings. The summed E-state index contributed by atoms with van der Waals surface area (Å²) in [6.45, 7) is 0.790. The maximum Gasteiger partial charge on any atom is 0.404 e. The average molecular weight is 317 g/mol. The summed E-state index contributed by atoms with van der Waals surface area (Å²) < 4.78 is 46.3. The van der Waals surface area contributed by atoms with Crippen LogP contribution in [0.5, 0.6) is 0 Å². The minimum atomic E-state index is -4.37. The van der Waals surface area contributed by atoms with Gasteiger partial charge in [0, 0.05) is 13.7 Å². The third-order valence-electron chi connectivity index (χ3n) is 2.74. The second-order valence-corrected chi connectivity index (χ2v) is 5.32. The maximum atomic E-state index is 13.3. The van der Waals surface area contributed by atoms with Crippen molar-refractivity contribution in [2.45, 2.75) is 23.1 Å². The number of thioether (sulfide) groups is 1. The molecule has 1 aromatic carbocycles.